The van der Waals surface area contributed by atoms with Gasteiger partial charge in [0.25, 0.3) is 0 Å². The van der Waals surface area contributed by atoms with Gasteiger partial charge in [0.2, 0.25) is 11.8 Å². The van der Waals surface area contributed by atoms with E-state index in [2.05, 4.69) is 10.6 Å². The highest BCUT2D eigenvalue weighted by molar-refractivity contribution is 5.83. The molecule has 110 valence electrons. The van der Waals surface area contributed by atoms with E-state index in [1.165, 1.54) is 0 Å². The number of hydrogen-bond donors (Lipinski definition) is 3. The fraction of sp³-hybridized carbons (Fsp3) is 0.818. The Kier molecular flexibility index (Phi) is 5.16. The van der Waals surface area contributed by atoms with Crippen molar-refractivity contribution in [3.8, 4) is 0 Å². The minimum absolute atomic E-state index is 0.00361. The van der Waals surface area contributed by atoms with E-state index in [0.717, 1.165) is 0 Å². The van der Waals surface area contributed by atoms with Gasteiger partial charge in [0, 0.05) is 19.0 Å². The quantitative estimate of drug-likeness (QED) is 0.693. The molecule has 4 N–H and O–H groups in total. The van der Waals surface area contributed by atoms with Gasteiger partial charge in [-0.15, -0.1) is 0 Å². The van der Waals surface area contributed by atoms with Crippen LogP contribution in [0.25, 0.3) is 0 Å². The lowest BCUT2D eigenvalue weighted by molar-refractivity contribution is -0.180. The average molecular weight is 281 g/mol. The smallest absolute Gasteiger partial charge is 0.370 e. The summed E-state index contributed by atoms with van der Waals surface area (Å²) in [5.74, 6) is -2.34. The molecule has 0 bridgehead atoms. The highest BCUT2D eigenvalue weighted by Crippen LogP contribution is 2.31. The second-order valence-corrected chi connectivity index (χ2v) is 4.86. The molecule has 0 aromatic carbocycles. The number of halogens is 3. The summed E-state index contributed by atoms with van der Waals surface area (Å²) in [6, 6.07) is -1.07. The third-order valence-corrected chi connectivity index (χ3v) is 3.09. The van der Waals surface area contributed by atoms with Crippen LogP contribution in [-0.2, 0) is 9.59 Å². The largest absolute Gasteiger partial charge is 0.393 e. The molecule has 8 heteroatoms. The predicted molar refractivity (Wildman–Crippen MR) is 62.0 cm³/mol. The van der Waals surface area contributed by atoms with Gasteiger partial charge in [-0.25, -0.2) is 0 Å². The zero-order valence-corrected chi connectivity index (χ0v) is 10.6. The maximum Gasteiger partial charge on any atom is 0.393 e. The van der Waals surface area contributed by atoms with Crippen molar-refractivity contribution in [2.24, 2.45) is 11.7 Å². The lowest BCUT2D eigenvalue weighted by atomic mass is 9.93. The van der Waals surface area contributed by atoms with Gasteiger partial charge < -0.3 is 16.4 Å². The molecule has 3 unspecified atom stereocenters. The van der Waals surface area contributed by atoms with E-state index in [9.17, 15) is 22.8 Å². The molecule has 1 aliphatic rings. The molecular formula is C11H18F3N3O2. The van der Waals surface area contributed by atoms with Gasteiger partial charge in [-0.1, -0.05) is 0 Å². The van der Waals surface area contributed by atoms with Crippen molar-refractivity contribution < 1.29 is 22.8 Å². The monoisotopic (exact) mass is 281 g/mol. The van der Waals surface area contributed by atoms with Crippen molar-refractivity contribution in [3.05, 3.63) is 0 Å². The van der Waals surface area contributed by atoms with Crippen molar-refractivity contribution in [1.82, 2.24) is 10.6 Å². The Hall–Kier alpha value is -1.31. The first-order chi connectivity index (χ1) is 8.70. The normalized spacial score (nSPS) is 25.7. The Bertz CT molecular complexity index is 339. The number of piperidine rings is 1. The molecule has 0 aromatic heterocycles. The number of carbonyl (C=O) groups is 2. The summed E-state index contributed by atoms with van der Waals surface area (Å²) >= 11 is 0. The Morgan fingerprint density at radius 3 is 2.47 bits per heavy atom. The van der Waals surface area contributed by atoms with Crippen LogP contribution in [-0.4, -0.2) is 36.6 Å². The Morgan fingerprint density at radius 2 is 2.05 bits per heavy atom. The zero-order chi connectivity index (χ0) is 14.6. The average Bonchev–Trinajstić information content (AvgIpc) is 2.26. The molecule has 1 heterocycles. The summed E-state index contributed by atoms with van der Waals surface area (Å²) in [4.78, 5) is 22.4. The Labute approximate surface area is 109 Å². The van der Waals surface area contributed by atoms with Gasteiger partial charge in [0.1, 0.15) is 0 Å². The highest BCUT2D eigenvalue weighted by Gasteiger charge is 2.42. The molecule has 5 nitrogen and oxygen atoms in total. The van der Waals surface area contributed by atoms with E-state index >= 15 is 0 Å². The second kappa shape index (κ2) is 6.23. The van der Waals surface area contributed by atoms with Crippen molar-refractivity contribution in [3.63, 3.8) is 0 Å². The van der Waals surface area contributed by atoms with Crippen LogP contribution in [0.15, 0.2) is 0 Å². The Morgan fingerprint density at radius 1 is 1.42 bits per heavy atom. The summed E-state index contributed by atoms with van der Waals surface area (Å²) < 4.78 is 37.3. The standard InChI is InChI=1S/C11H18F3N3O2/c1-6(4-9(15)18)17-10(19)8-3-2-7(5-16-8)11(12,13)14/h6-8,16H,2-5H2,1H3,(H2,15,18)(H,17,19). The van der Waals surface area contributed by atoms with Gasteiger partial charge in [0.15, 0.2) is 0 Å². The molecular weight excluding hydrogens is 263 g/mol. The first-order valence-corrected chi connectivity index (χ1v) is 6.09. The van der Waals surface area contributed by atoms with E-state index in [0.29, 0.717) is 0 Å². The molecule has 3 atom stereocenters. The van der Waals surface area contributed by atoms with Gasteiger partial charge >= 0.3 is 6.18 Å². The molecule has 0 saturated carbocycles. The van der Waals surface area contributed by atoms with Crippen LogP contribution in [0.4, 0.5) is 13.2 Å². The number of nitrogens with two attached hydrogens (primary N) is 1. The van der Waals surface area contributed by atoms with Crippen molar-refractivity contribution in [1.29, 1.82) is 0 Å². The summed E-state index contributed by atoms with van der Waals surface area (Å²) in [6.07, 6.45) is -4.17. The first kappa shape index (κ1) is 15.7. The third-order valence-electron chi connectivity index (χ3n) is 3.09. The lowest BCUT2D eigenvalue weighted by Crippen LogP contribution is -2.53. The number of carbonyl (C=O) groups excluding carboxylic acids is 2. The first-order valence-electron chi connectivity index (χ1n) is 6.09. The van der Waals surface area contributed by atoms with Crippen molar-refractivity contribution in [2.45, 2.75) is 44.4 Å². The number of alkyl halides is 3. The van der Waals surface area contributed by atoms with Crippen LogP contribution in [0, 0.1) is 5.92 Å². The molecule has 0 aliphatic carbocycles. The number of primary amides is 1. The minimum atomic E-state index is -4.23. The van der Waals surface area contributed by atoms with Crippen molar-refractivity contribution in [2.75, 3.05) is 6.54 Å². The van der Waals surface area contributed by atoms with Crippen LogP contribution in [0.1, 0.15) is 26.2 Å². The lowest BCUT2D eigenvalue weighted by Gasteiger charge is -2.30. The van der Waals surface area contributed by atoms with Crippen LogP contribution in [0.5, 0.6) is 0 Å². The molecule has 1 saturated heterocycles. The molecule has 0 aromatic rings. The van der Waals surface area contributed by atoms with Crippen LogP contribution >= 0.6 is 0 Å². The maximum atomic E-state index is 12.4. The summed E-state index contributed by atoms with van der Waals surface area (Å²) in [7, 11) is 0. The number of rotatable bonds is 4. The van der Waals surface area contributed by atoms with Crippen LogP contribution in [0.3, 0.4) is 0 Å². The molecule has 19 heavy (non-hydrogen) atoms. The predicted octanol–water partition coefficient (Wildman–Crippen LogP) is 0.297. The van der Waals surface area contributed by atoms with E-state index in [4.69, 9.17) is 5.73 Å². The van der Waals surface area contributed by atoms with E-state index in [-0.39, 0.29) is 25.8 Å². The second-order valence-electron chi connectivity index (χ2n) is 4.86. The van der Waals surface area contributed by atoms with Gasteiger partial charge in [-0.2, -0.15) is 13.2 Å². The van der Waals surface area contributed by atoms with E-state index < -0.39 is 36.0 Å². The zero-order valence-electron chi connectivity index (χ0n) is 10.6. The molecule has 0 radical (unpaired) electrons. The molecule has 2 amide bonds. The molecule has 0 spiro atoms. The maximum absolute atomic E-state index is 12.4. The summed E-state index contributed by atoms with van der Waals surface area (Å²) in [5, 5.41) is 5.14. The molecule has 1 aliphatic heterocycles. The number of nitrogens with one attached hydrogen (secondary N) is 2. The Balaban J connectivity index is 2.39. The number of hydrogen-bond acceptors (Lipinski definition) is 3. The topological polar surface area (TPSA) is 84.2 Å². The molecule has 1 fully saturated rings. The van der Waals surface area contributed by atoms with E-state index in [1.807, 2.05) is 0 Å². The van der Waals surface area contributed by atoms with Gasteiger partial charge in [-0.3, -0.25) is 9.59 Å². The van der Waals surface area contributed by atoms with Crippen LogP contribution < -0.4 is 16.4 Å². The van der Waals surface area contributed by atoms with Gasteiger partial charge in [-0.05, 0) is 19.8 Å². The minimum Gasteiger partial charge on any atom is -0.370 e. The van der Waals surface area contributed by atoms with Gasteiger partial charge in [0.05, 0.1) is 12.0 Å². The van der Waals surface area contributed by atoms with Crippen LogP contribution in [0.2, 0.25) is 0 Å². The summed E-state index contributed by atoms with van der Waals surface area (Å²) in [5.41, 5.74) is 4.98. The fourth-order valence-electron chi connectivity index (χ4n) is 2.06. The third kappa shape index (κ3) is 5.06. The van der Waals surface area contributed by atoms with E-state index in [1.54, 1.807) is 6.92 Å². The highest BCUT2D eigenvalue weighted by atomic mass is 19.4. The summed E-state index contributed by atoms with van der Waals surface area (Å²) in [6.45, 7) is 1.36. The molecule has 1 rings (SSSR count). The fourth-order valence-corrected chi connectivity index (χ4v) is 2.06. The number of amides is 2. The van der Waals surface area contributed by atoms with Crippen molar-refractivity contribution >= 4 is 11.8 Å². The SMILES string of the molecule is CC(CC(N)=O)NC(=O)C1CCC(C(F)(F)F)CN1.